The van der Waals surface area contributed by atoms with Crippen LogP contribution in [-0.4, -0.2) is 28.8 Å². The molecule has 33 heavy (non-hydrogen) atoms. The van der Waals surface area contributed by atoms with Gasteiger partial charge in [0.25, 0.3) is 0 Å². The van der Waals surface area contributed by atoms with E-state index in [9.17, 15) is 9.59 Å². The molecule has 0 fully saturated rings. The lowest BCUT2D eigenvalue weighted by Gasteiger charge is -2.31. The quantitative estimate of drug-likeness (QED) is 0.478. The maximum Gasteiger partial charge on any atom is 0.242 e. The lowest BCUT2D eigenvalue weighted by molar-refractivity contribution is -0.141. The second kappa shape index (κ2) is 11.5. The SMILES string of the molecule is Cc1ccc(CN(C(=O)CC(c2ccccc2)c2ccccc2)[C@@H](C)C(=O)NC(C)C)cc1. The smallest absolute Gasteiger partial charge is 0.242 e. The number of nitrogens with zero attached hydrogens (tertiary/aromatic N) is 1. The third-order valence-electron chi connectivity index (χ3n) is 5.85. The largest absolute Gasteiger partial charge is 0.352 e. The van der Waals surface area contributed by atoms with E-state index < -0.39 is 6.04 Å². The summed E-state index contributed by atoms with van der Waals surface area (Å²) in [5.41, 5.74) is 4.35. The van der Waals surface area contributed by atoms with Gasteiger partial charge in [0, 0.05) is 24.9 Å². The van der Waals surface area contributed by atoms with Gasteiger partial charge in [-0.3, -0.25) is 9.59 Å². The van der Waals surface area contributed by atoms with Crippen molar-refractivity contribution in [2.24, 2.45) is 0 Å². The molecule has 0 aromatic heterocycles. The minimum atomic E-state index is -0.576. The maximum absolute atomic E-state index is 13.7. The van der Waals surface area contributed by atoms with Crippen LogP contribution in [0, 0.1) is 6.92 Å². The third-order valence-corrected chi connectivity index (χ3v) is 5.85. The molecular weight excluding hydrogens is 408 g/mol. The van der Waals surface area contributed by atoms with Gasteiger partial charge >= 0.3 is 0 Å². The number of nitrogens with one attached hydrogen (secondary N) is 1. The van der Waals surface area contributed by atoms with Gasteiger partial charge in [0.1, 0.15) is 6.04 Å². The Labute approximate surface area is 197 Å². The molecule has 1 atom stereocenters. The zero-order chi connectivity index (χ0) is 23.8. The number of hydrogen-bond acceptors (Lipinski definition) is 2. The zero-order valence-electron chi connectivity index (χ0n) is 20.0. The first kappa shape index (κ1) is 24.2. The molecule has 3 rings (SSSR count). The Kier molecular flexibility index (Phi) is 8.42. The fourth-order valence-electron chi connectivity index (χ4n) is 3.97. The summed E-state index contributed by atoms with van der Waals surface area (Å²) in [6.07, 6.45) is 0.291. The molecule has 3 aromatic rings. The van der Waals surface area contributed by atoms with Gasteiger partial charge in [0.2, 0.25) is 11.8 Å². The second-order valence-electron chi connectivity index (χ2n) is 8.92. The highest BCUT2D eigenvalue weighted by molar-refractivity contribution is 5.88. The molecule has 172 valence electrons. The van der Waals surface area contributed by atoms with E-state index in [-0.39, 0.29) is 23.8 Å². The molecule has 2 amide bonds. The lowest BCUT2D eigenvalue weighted by atomic mass is 9.88. The molecule has 0 unspecified atom stereocenters. The van der Waals surface area contributed by atoms with Gasteiger partial charge in [-0.25, -0.2) is 0 Å². The Balaban J connectivity index is 1.91. The summed E-state index contributed by atoms with van der Waals surface area (Å²) in [5.74, 6) is -0.262. The molecule has 0 aliphatic heterocycles. The minimum Gasteiger partial charge on any atom is -0.352 e. The molecule has 0 aliphatic rings. The van der Waals surface area contributed by atoms with E-state index in [2.05, 4.69) is 29.6 Å². The molecule has 0 aliphatic carbocycles. The highest BCUT2D eigenvalue weighted by atomic mass is 16.2. The molecule has 3 aromatic carbocycles. The van der Waals surface area contributed by atoms with E-state index in [0.29, 0.717) is 13.0 Å². The van der Waals surface area contributed by atoms with Crippen molar-refractivity contribution in [3.8, 4) is 0 Å². The number of benzene rings is 3. The van der Waals surface area contributed by atoms with Crippen molar-refractivity contribution in [3.63, 3.8) is 0 Å². The fraction of sp³-hybridized carbons (Fsp3) is 0.310. The van der Waals surface area contributed by atoms with Crippen molar-refractivity contribution < 1.29 is 9.59 Å². The van der Waals surface area contributed by atoms with Crippen molar-refractivity contribution in [2.45, 2.75) is 58.7 Å². The summed E-state index contributed by atoms with van der Waals surface area (Å²) in [7, 11) is 0. The lowest BCUT2D eigenvalue weighted by Crippen LogP contribution is -2.49. The fourth-order valence-corrected chi connectivity index (χ4v) is 3.97. The van der Waals surface area contributed by atoms with Crippen molar-refractivity contribution in [1.82, 2.24) is 10.2 Å². The maximum atomic E-state index is 13.7. The van der Waals surface area contributed by atoms with Crippen LogP contribution in [0.5, 0.6) is 0 Å². The zero-order valence-corrected chi connectivity index (χ0v) is 20.0. The highest BCUT2D eigenvalue weighted by Gasteiger charge is 2.29. The van der Waals surface area contributed by atoms with Gasteiger partial charge in [-0.15, -0.1) is 0 Å². The molecule has 0 saturated heterocycles. The average molecular weight is 443 g/mol. The van der Waals surface area contributed by atoms with E-state index >= 15 is 0 Å². The Morgan fingerprint density at radius 2 is 1.30 bits per heavy atom. The van der Waals surface area contributed by atoms with Crippen LogP contribution in [-0.2, 0) is 16.1 Å². The van der Waals surface area contributed by atoms with Crippen LogP contribution < -0.4 is 5.32 Å². The van der Waals surface area contributed by atoms with Crippen LogP contribution >= 0.6 is 0 Å². The predicted molar refractivity (Wildman–Crippen MR) is 134 cm³/mol. The molecule has 4 nitrogen and oxygen atoms in total. The second-order valence-corrected chi connectivity index (χ2v) is 8.92. The molecule has 0 radical (unpaired) electrons. The van der Waals surface area contributed by atoms with Crippen LogP contribution in [0.4, 0.5) is 0 Å². The molecule has 1 N–H and O–H groups in total. The molecule has 4 heteroatoms. The first-order valence-electron chi connectivity index (χ1n) is 11.6. The van der Waals surface area contributed by atoms with Gasteiger partial charge in [-0.2, -0.15) is 0 Å². The topological polar surface area (TPSA) is 49.4 Å². The van der Waals surface area contributed by atoms with Crippen molar-refractivity contribution >= 4 is 11.8 Å². The summed E-state index contributed by atoms with van der Waals surface area (Å²) in [5, 5.41) is 2.96. The number of aryl methyl sites for hydroxylation is 1. The Bertz CT molecular complexity index is 991. The highest BCUT2D eigenvalue weighted by Crippen LogP contribution is 2.29. The molecule has 0 spiro atoms. The summed E-state index contributed by atoms with van der Waals surface area (Å²) in [4.78, 5) is 28.3. The average Bonchev–Trinajstić information content (AvgIpc) is 2.82. The van der Waals surface area contributed by atoms with Crippen LogP contribution in [0.2, 0.25) is 0 Å². The Morgan fingerprint density at radius 3 is 1.79 bits per heavy atom. The number of amides is 2. The first-order chi connectivity index (χ1) is 15.8. The van der Waals surface area contributed by atoms with Crippen LogP contribution in [0.3, 0.4) is 0 Å². The van der Waals surface area contributed by atoms with E-state index in [1.165, 1.54) is 0 Å². The number of carbonyl (C=O) groups excluding carboxylic acids is 2. The van der Waals surface area contributed by atoms with Gasteiger partial charge in [-0.1, -0.05) is 90.5 Å². The van der Waals surface area contributed by atoms with Crippen molar-refractivity contribution in [1.29, 1.82) is 0 Å². The summed E-state index contributed by atoms with van der Waals surface area (Å²) < 4.78 is 0. The van der Waals surface area contributed by atoms with Crippen LogP contribution in [0.1, 0.15) is 55.4 Å². The number of hydrogen-bond donors (Lipinski definition) is 1. The third kappa shape index (κ3) is 6.79. The Morgan fingerprint density at radius 1 is 0.788 bits per heavy atom. The van der Waals surface area contributed by atoms with Gasteiger partial charge in [0.05, 0.1) is 0 Å². The number of rotatable bonds is 9. The van der Waals surface area contributed by atoms with E-state index in [4.69, 9.17) is 0 Å². The first-order valence-corrected chi connectivity index (χ1v) is 11.6. The number of carbonyl (C=O) groups is 2. The summed E-state index contributed by atoms with van der Waals surface area (Å²) in [6, 6.07) is 27.7. The summed E-state index contributed by atoms with van der Waals surface area (Å²) >= 11 is 0. The van der Waals surface area contributed by atoms with E-state index in [0.717, 1.165) is 22.3 Å². The van der Waals surface area contributed by atoms with Crippen LogP contribution in [0.15, 0.2) is 84.9 Å². The molecule has 0 heterocycles. The normalized spacial score (nSPS) is 11.9. The summed E-state index contributed by atoms with van der Waals surface area (Å²) in [6.45, 7) is 8.09. The van der Waals surface area contributed by atoms with Gasteiger partial charge in [0.15, 0.2) is 0 Å². The minimum absolute atomic E-state index is 0.0117. The van der Waals surface area contributed by atoms with Crippen molar-refractivity contribution in [2.75, 3.05) is 0 Å². The molecule has 0 saturated carbocycles. The van der Waals surface area contributed by atoms with E-state index in [1.807, 2.05) is 88.4 Å². The van der Waals surface area contributed by atoms with E-state index in [1.54, 1.807) is 4.90 Å². The molecular formula is C29H34N2O2. The van der Waals surface area contributed by atoms with Crippen molar-refractivity contribution in [3.05, 3.63) is 107 Å². The Hall–Kier alpha value is -3.40. The molecule has 0 bridgehead atoms. The predicted octanol–water partition coefficient (Wildman–Crippen LogP) is 5.46. The van der Waals surface area contributed by atoms with Gasteiger partial charge < -0.3 is 10.2 Å². The monoisotopic (exact) mass is 442 g/mol. The van der Waals surface area contributed by atoms with Crippen LogP contribution in [0.25, 0.3) is 0 Å². The van der Waals surface area contributed by atoms with Gasteiger partial charge in [-0.05, 0) is 44.4 Å². The standard InChI is InChI=1S/C29H34N2O2/c1-21(2)30-29(33)23(4)31(20-24-17-15-22(3)16-18-24)28(32)19-27(25-11-7-5-8-12-25)26-13-9-6-10-14-26/h5-18,21,23,27H,19-20H2,1-4H3,(H,30,33)/t23-/m0/s1.